The molecule has 88 valence electrons. The molecule has 5 heteroatoms. The SMILES string of the molecule is Fc1ccc(CCNc2ncc(Cl)cn2)cc1. The topological polar surface area (TPSA) is 37.8 Å². The van der Waals surface area contributed by atoms with E-state index in [-0.39, 0.29) is 5.82 Å². The molecule has 0 aliphatic rings. The molecule has 3 nitrogen and oxygen atoms in total. The van der Waals surface area contributed by atoms with Crippen LogP contribution in [-0.4, -0.2) is 16.5 Å². The van der Waals surface area contributed by atoms with Gasteiger partial charge in [-0.2, -0.15) is 0 Å². The van der Waals surface area contributed by atoms with Crippen LogP contribution in [0.4, 0.5) is 10.3 Å². The Kier molecular flexibility index (Phi) is 3.88. The first-order valence-corrected chi connectivity index (χ1v) is 5.58. The van der Waals surface area contributed by atoms with Crippen LogP contribution in [0.3, 0.4) is 0 Å². The van der Waals surface area contributed by atoms with Crippen LogP contribution in [0.5, 0.6) is 0 Å². The predicted molar refractivity (Wildman–Crippen MR) is 65.6 cm³/mol. The zero-order chi connectivity index (χ0) is 12.1. The van der Waals surface area contributed by atoms with Crippen LogP contribution in [0, 0.1) is 5.82 Å². The molecule has 1 N–H and O–H groups in total. The molecule has 17 heavy (non-hydrogen) atoms. The monoisotopic (exact) mass is 251 g/mol. The second-order valence-electron chi connectivity index (χ2n) is 3.53. The van der Waals surface area contributed by atoms with Gasteiger partial charge in [0.15, 0.2) is 0 Å². The van der Waals surface area contributed by atoms with Crippen molar-refractivity contribution < 1.29 is 4.39 Å². The fourth-order valence-electron chi connectivity index (χ4n) is 1.37. The van der Waals surface area contributed by atoms with E-state index >= 15 is 0 Å². The number of hydrogen-bond donors (Lipinski definition) is 1. The van der Waals surface area contributed by atoms with Gasteiger partial charge < -0.3 is 5.32 Å². The lowest BCUT2D eigenvalue weighted by Crippen LogP contribution is -2.07. The molecule has 0 amide bonds. The van der Waals surface area contributed by atoms with Gasteiger partial charge in [-0.1, -0.05) is 23.7 Å². The third-order valence-corrected chi connectivity index (χ3v) is 2.43. The van der Waals surface area contributed by atoms with E-state index in [4.69, 9.17) is 11.6 Å². The largest absolute Gasteiger partial charge is 0.354 e. The molecule has 2 aromatic rings. The lowest BCUT2D eigenvalue weighted by atomic mass is 10.1. The van der Waals surface area contributed by atoms with Crippen LogP contribution in [-0.2, 0) is 6.42 Å². The summed E-state index contributed by atoms with van der Waals surface area (Å²) in [6.45, 7) is 0.688. The van der Waals surface area contributed by atoms with Crippen molar-refractivity contribution in [3.8, 4) is 0 Å². The Morgan fingerprint density at radius 1 is 1.12 bits per heavy atom. The van der Waals surface area contributed by atoms with Crippen molar-refractivity contribution in [3.63, 3.8) is 0 Å². The zero-order valence-electron chi connectivity index (χ0n) is 9.03. The van der Waals surface area contributed by atoms with Gasteiger partial charge >= 0.3 is 0 Å². The first kappa shape index (κ1) is 11.8. The molecule has 0 aliphatic carbocycles. The van der Waals surface area contributed by atoms with Crippen molar-refractivity contribution in [2.24, 2.45) is 0 Å². The first-order chi connectivity index (χ1) is 8.24. The Morgan fingerprint density at radius 3 is 2.41 bits per heavy atom. The fraction of sp³-hybridized carbons (Fsp3) is 0.167. The lowest BCUT2D eigenvalue weighted by molar-refractivity contribution is 0.627. The molecule has 1 aromatic carbocycles. The molecular formula is C12H11ClFN3. The highest BCUT2D eigenvalue weighted by Crippen LogP contribution is 2.06. The molecule has 0 unspecified atom stereocenters. The number of rotatable bonds is 4. The van der Waals surface area contributed by atoms with Crippen LogP contribution in [0.25, 0.3) is 0 Å². The summed E-state index contributed by atoms with van der Waals surface area (Å²) in [4.78, 5) is 8.02. The maximum atomic E-state index is 12.7. The van der Waals surface area contributed by atoms with Gasteiger partial charge in [-0.3, -0.25) is 0 Å². The number of nitrogens with zero attached hydrogens (tertiary/aromatic N) is 2. The van der Waals surface area contributed by atoms with E-state index in [0.717, 1.165) is 12.0 Å². The second-order valence-corrected chi connectivity index (χ2v) is 3.96. The lowest BCUT2D eigenvalue weighted by Gasteiger charge is -2.04. The van der Waals surface area contributed by atoms with E-state index in [1.807, 2.05) is 0 Å². The summed E-state index contributed by atoms with van der Waals surface area (Å²) in [6, 6.07) is 6.43. The normalized spacial score (nSPS) is 10.2. The molecule has 2 rings (SSSR count). The van der Waals surface area contributed by atoms with Crippen LogP contribution in [0.15, 0.2) is 36.7 Å². The Bertz CT molecular complexity index is 425. The van der Waals surface area contributed by atoms with Crippen molar-refractivity contribution in [1.29, 1.82) is 0 Å². The fourth-order valence-corrected chi connectivity index (χ4v) is 1.47. The van der Waals surface area contributed by atoms with Crippen molar-refractivity contribution in [1.82, 2.24) is 9.97 Å². The van der Waals surface area contributed by atoms with Gasteiger partial charge in [0.2, 0.25) is 5.95 Å². The highest BCUT2D eigenvalue weighted by Gasteiger charge is 1.97. The van der Waals surface area contributed by atoms with E-state index in [1.54, 1.807) is 12.1 Å². The van der Waals surface area contributed by atoms with Gasteiger partial charge in [0.25, 0.3) is 0 Å². The van der Waals surface area contributed by atoms with Crippen molar-refractivity contribution in [2.45, 2.75) is 6.42 Å². The van der Waals surface area contributed by atoms with Crippen LogP contribution in [0.1, 0.15) is 5.56 Å². The Hall–Kier alpha value is -1.68. The third-order valence-electron chi connectivity index (χ3n) is 2.23. The number of halogens is 2. The Morgan fingerprint density at radius 2 is 1.76 bits per heavy atom. The molecule has 0 fully saturated rings. The maximum absolute atomic E-state index is 12.7. The third kappa shape index (κ3) is 3.67. The van der Waals surface area contributed by atoms with Gasteiger partial charge in [-0.25, -0.2) is 14.4 Å². The van der Waals surface area contributed by atoms with E-state index in [2.05, 4.69) is 15.3 Å². The predicted octanol–water partition coefficient (Wildman–Crippen LogP) is 2.92. The van der Waals surface area contributed by atoms with Gasteiger partial charge in [-0.15, -0.1) is 0 Å². The molecule has 0 bridgehead atoms. The highest BCUT2D eigenvalue weighted by molar-refractivity contribution is 6.30. The molecule has 0 radical (unpaired) electrons. The van der Waals surface area contributed by atoms with E-state index in [1.165, 1.54) is 24.5 Å². The summed E-state index contributed by atoms with van der Waals surface area (Å²) in [5.74, 6) is 0.319. The molecular weight excluding hydrogens is 241 g/mol. The zero-order valence-corrected chi connectivity index (χ0v) is 9.78. The van der Waals surface area contributed by atoms with Gasteiger partial charge in [0.1, 0.15) is 5.82 Å². The molecule has 1 aromatic heterocycles. The average Bonchev–Trinajstić information content (AvgIpc) is 2.34. The summed E-state index contributed by atoms with van der Waals surface area (Å²) in [6.07, 6.45) is 3.86. The molecule has 0 saturated carbocycles. The molecule has 0 spiro atoms. The quantitative estimate of drug-likeness (QED) is 0.908. The minimum absolute atomic E-state index is 0.220. The van der Waals surface area contributed by atoms with Crippen molar-refractivity contribution in [3.05, 3.63) is 53.1 Å². The minimum atomic E-state index is -0.220. The standard InChI is InChI=1S/C12H11ClFN3/c13-10-7-16-12(17-8-10)15-6-5-9-1-3-11(14)4-2-9/h1-4,7-8H,5-6H2,(H,15,16,17). The number of anilines is 1. The van der Waals surface area contributed by atoms with E-state index in [0.29, 0.717) is 17.5 Å². The highest BCUT2D eigenvalue weighted by atomic mass is 35.5. The molecule has 1 heterocycles. The van der Waals surface area contributed by atoms with Gasteiger partial charge in [-0.05, 0) is 24.1 Å². The van der Waals surface area contributed by atoms with E-state index < -0.39 is 0 Å². The van der Waals surface area contributed by atoms with E-state index in [9.17, 15) is 4.39 Å². The summed E-state index contributed by atoms with van der Waals surface area (Å²) in [5.41, 5.74) is 1.06. The summed E-state index contributed by atoms with van der Waals surface area (Å²) < 4.78 is 12.7. The minimum Gasteiger partial charge on any atom is -0.354 e. The number of hydrogen-bond acceptors (Lipinski definition) is 3. The van der Waals surface area contributed by atoms with Gasteiger partial charge in [0, 0.05) is 6.54 Å². The first-order valence-electron chi connectivity index (χ1n) is 5.20. The van der Waals surface area contributed by atoms with Gasteiger partial charge in [0.05, 0.1) is 17.4 Å². The summed E-state index contributed by atoms with van der Waals surface area (Å²) in [5, 5.41) is 3.57. The Labute approximate surface area is 104 Å². The summed E-state index contributed by atoms with van der Waals surface area (Å²) >= 11 is 5.67. The van der Waals surface area contributed by atoms with Crippen LogP contribution in [0.2, 0.25) is 5.02 Å². The number of aromatic nitrogens is 2. The number of benzene rings is 1. The molecule has 0 atom stereocenters. The maximum Gasteiger partial charge on any atom is 0.222 e. The van der Waals surface area contributed by atoms with Crippen molar-refractivity contribution in [2.75, 3.05) is 11.9 Å². The summed E-state index contributed by atoms with van der Waals surface area (Å²) in [7, 11) is 0. The van der Waals surface area contributed by atoms with Crippen LogP contribution >= 0.6 is 11.6 Å². The smallest absolute Gasteiger partial charge is 0.222 e. The Balaban J connectivity index is 1.83. The average molecular weight is 252 g/mol. The second kappa shape index (κ2) is 5.59. The van der Waals surface area contributed by atoms with Crippen molar-refractivity contribution >= 4 is 17.5 Å². The molecule has 0 aliphatic heterocycles. The number of nitrogens with one attached hydrogen (secondary N) is 1. The van der Waals surface area contributed by atoms with Crippen LogP contribution < -0.4 is 5.32 Å². The molecule has 0 saturated heterocycles.